The molecule has 86 valence electrons. The summed E-state index contributed by atoms with van der Waals surface area (Å²) in [7, 11) is 0. The van der Waals surface area contributed by atoms with E-state index < -0.39 is 0 Å². The third kappa shape index (κ3) is 3.66. The molecule has 0 saturated heterocycles. The van der Waals surface area contributed by atoms with Gasteiger partial charge >= 0.3 is 0 Å². The van der Waals surface area contributed by atoms with Gasteiger partial charge in [-0.3, -0.25) is 4.79 Å². The minimum absolute atomic E-state index is 0.0788. The lowest BCUT2D eigenvalue weighted by molar-refractivity contribution is -0.120. The number of aromatic nitrogens is 2. The van der Waals surface area contributed by atoms with Gasteiger partial charge in [-0.05, 0) is 30.5 Å². The van der Waals surface area contributed by atoms with Crippen LogP contribution >= 0.6 is 11.6 Å². The molecule has 5 nitrogen and oxygen atoms in total. The highest BCUT2D eigenvalue weighted by Crippen LogP contribution is 2.18. The molecule has 1 aromatic rings. The van der Waals surface area contributed by atoms with E-state index in [2.05, 4.69) is 20.6 Å². The number of rotatable bonds is 5. The van der Waals surface area contributed by atoms with Gasteiger partial charge in [0.05, 0.1) is 0 Å². The van der Waals surface area contributed by atoms with Gasteiger partial charge in [0, 0.05) is 25.2 Å². The third-order valence-corrected chi connectivity index (χ3v) is 2.41. The molecule has 1 amide bonds. The number of anilines is 1. The summed E-state index contributed by atoms with van der Waals surface area (Å²) >= 11 is 5.62. The Morgan fingerprint density at radius 1 is 1.56 bits per heavy atom. The molecule has 1 aromatic heterocycles. The van der Waals surface area contributed by atoms with E-state index in [1.165, 1.54) is 0 Å². The molecule has 1 aliphatic rings. The Morgan fingerprint density at radius 2 is 2.38 bits per heavy atom. The van der Waals surface area contributed by atoms with Gasteiger partial charge in [0.2, 0.25) is 11.2 Å². The lowest BCUT2D eigenvalue weighted by Gasteiger charge is -2.05. The van der Waals surface area contributed by atoms with Crippen LogP contribution in [0.5, 0.6) is 0 Å². The molecule has 1 saturated carbocycles. The average molecular weight is 241 g/mol. The van der Waals surface area contributed by atoms with Crippen molar-refractivity contribution >= 4 is 23.3 Å². The number of nitrogens with zero attached hydrogens (tertiary/aromatic N) is 2. The Morgan fingerprint density at radius 3 is 3.06 bits per heavy atom. The zero-order chi connectivity index (χ0) is 11.4. The maximum Gasteiger partial charge on any atom is 0.224 e. The molecule has 2 N–H and O–H groups in total. The van der Waals surface area contributed by atoms with Gasteiger partial charge in [-0.2, -0.15) is 0 Å². The molecule has 0 bridgehead atoms. The number of hydrogen-bond acceptors (Lipinski definition) is 4. The van der Waals surface area contributed by atoms with Gasteiger partial charge in [-0.15, -0.1) is 0 Å². The largest absolute Gasteiger partial charge is 0.369 e. The van der Waals surface area contributed by atoms with Crippen LogP contribution in [0.2, 0.25) is 5.28 Å². The number of nitrogens with one attached hydrogen (secondary N) is 2. The molecule has 0 aromatic carbocycles. The van der Waals surface area contributed by atoms with E-state index in [1.807, 2.05) is 0 Å². The number of hydrogen-bond donors (Lipinski definition) is 2. The fourth-order valence-electron chi connectivity index (χ4n) is 1.26. The van der Waals surface area contributed by atoms with Crippen LogP contribution in [0.4, 0.5) is 5.82 Å². The lowest BCUT2D eigenvalue weighted by atomic mass is 10.4. The maximum atomic E-state index is 11.3. The lowest BCUT2D eigenvalue weighted by Crippen LogP contribution is -2.27. The molecule has 6 heteroatoms. The standard InChI is InChI=1S/C10H13ClN4O/c11-10-13-5-3-8(15-10)12-6-4-9(16)14-7-1-2-7/h3,5,7H,1-2,4,6H2,(H,14,16)(H,12,13,15). The van der Waals surface area contributed by atoms with Crippen LogP contribution < -0.4 is 10.6 Å². The van der Waals surface area contributed by atoms with Crippen LogP contribution in [0.3, 0.4) is 0 Å². The van der Waals surface area contributed by atoms with Crippen LogP contribution in [-0.4, -0.2) is 28.5 Å². The molecule has 0 atom stereocenters. The van der Waals surface area contributed by atoms with Crippen molar-refractivity contribution in [3.8, 4) is 0 Å². The van der Waals surface area contributed by atoms with Crippen molar-refractivity contribution in [2.24, 2.45) is 0 Å². The second-order valence-electron chi connectivity index (χ2n) is 3.73. The van der Waals surface area contributed by atoms with Gasteiger partial charge < -0.3 is 10.6 Å². The van der Waals surface area contributed by atoms with Crippen LogP contribution in [0.15, 0.2) is 12.3 Å². The minimum atomic E-state index is 0.0788. The summed E-state index contributed by atoms with van der Waals surface area (Å²) in [5, 5.41) is 6.13. The Bertz CT molecular complexity index is 381. The molecule has 0 spiro atoms. The molecule has 0 aliphatic heterocycles. The SMILES string of the molecule is O=C(CCNc1ccnc(Cl)n1)NC1CC1. The van der Waals surface area contributed by atoms with Crippen molar-refractivity contribution in [3.05, 3.63) is 17.5 Å². The number of amides is 1. The maximum absolute atomic E-state index is 11.3. The van der Waals surface area contributed by atoms with Crippen molar-refractivity contribution in [1.82, 2.24) is 15.3 Å². The molecule has 1 aliphatic carbocycles. The minimum Gasteiger partial charge on any atom is -0.369 e. The van der Waals surface area contributed by atoms with Crippen LogP contribution in [0, 0.1) is 0 Å². The van der Waals surface area contributed by atoms with Crippen molar-refractivity contribution in [2.45, 2.75) is 25.3 Å². The topological polar surface area (TPSA) is 66.9 Å². The van der Waals surface area contributed by atoms with E-state index in [4.69, 9.17) is 11.6 Å². The van der Waals surface area contributed by atoms with E-state index in [-0.39, 0.29) is 11.2 Å². The van der Waals surface area contributed by atoms with E-state index >= 15 is 0 Å². The van der Waals surface area contributed by atoms with Gasteiger partial charge in [0.25, 0.3) is 0 Å². The molecule has 16 heavy (non-hydrogen) atoms. The van der Waals surface area contributed by atoms with E-state index in [0.717, 1.165) is 12.8 Å². The van der Waals surface area contributed by atoms with E-state index in [1.54, 1.807) is 12.3 Å². The first-order valence-electron chi connectivity index (χ1n) is 5.26. The second-order valence-corrected chi connectivity index (χ2v) is 4.07. The van der Waals surface area contributed by atoms with Crippen LogP contribution in [0.25, 0.3) is 0 Å². The van der Waals surface area contributed by atoms with Crippen molar-refractivity contribution in [1.29, 1.82) is 0 Å². The van der Waals surface area contributed by atoms with Gasteiger partial charge in [-0.1, -0.05) is 0 Å². The smallest absolute Gasteiger partial charge is 0.224 e. The molecule has 0 unspecified atom stereocenters. The Balaban J connectivity index is 1.68. The predicted molar refractivity (Wildman–Crippen MR) is 61.3 cm³/mol. The fourth-order valence-corrected chi connectivity index (χ4v) is 1.41. The molecule has 1 fully saturated rings. The zero-order valence-electron chi connectivity index (χ0n) is 8.74. The predicted octanol–water partition coefficient (Wildman–Crippen LogP) is 1.21. The first-order chi connectivity index (χ1) is 7.74. The quantitative estimate of drug-likeness (QED) is 0.760. The van der Waals surface area contributed by atoms with Gasteiger partial charge in [0.15, 0.2) is 0 Å². The highest BCUT2D eigenvalue weighted by Gasteiger charge is 2.22. The molecule has 1 heterocycles. The summed E-state index contributed by atoms with van der Waals surface area (Å²) in [4.78, 5) is 19.1. The Hall–Kier alpha value is -1.36. The van der Waals surface area contributed by atoms with E-state index in [9.17, 15) is 4.79 Å². The summed E-state index contributed by atoms with van der Waals surface area (Å²) in [5.74, 6) is 0.717. The van der Waals surface area contributed by atoms with Crippen molar-refractivity contribution in [3.63, 3.8) is 0 Å². The zero-order valence-corrected chi connectivity index (χ0v) is 9.50. The number of carbonyl (C=O) groups is 1. The number of halogens is 1. The molecular formula is C10H13ClN4O. The van der Waals surface area contributed by atoms with Gasteiger partial charge in [0.1, 0.15) is 5.82 Å². The molecule has 0 radical (unpaired) electrons. The third-order valence-electron chi connectivity index (χ3n) is 2.23. The summed E-state index contributed by atoms with van der Waals surface area (Å²) in [6.07, 6.45) is 4.24. The molecular weight excluding hydrogens is 228 g/mol. The Labute approximate surface area is 98.6 Å². The highest BCUT2D eigenvalue weighted by molar-refractivity contribution is 6.28. The van der Waals surface area contributed by atoms with Crippen LogP contribution in [-0.2, 0) is 4.79 Å². The highest BCUT2D eigenvalue weighted by atomic mass is 35.5. The van der Waals surface area contributed by atoms with Crippen molar-refractivity contribution in [2.75, 3.05) is 11.9 Å². The molecule has 2 rings (SSSR count). The average Bonchev–Trinajstić information content (AvgIpc) is 3.02. The fraction of sp³-hybridized carbons (Fsp3) is 0.500. The summed E-state index contributed by atoms with van der Waals surface area (Å²) in [5.41, 5.74) is 0. The van der Waals surface area contributed by atoms with Crippen molar-refractivity contribution < 1.29 is 4.79 Å². The summed E-state index contributed by atoms with van der Waals surface area (Å²) < 4.78 is 0. The second kappa shape index (κ2) is 5.12. The monoisotopic (exact) mass is 240 g/mol. The first kappa shape index (κ1) is 11.1. The normalized spacial score (nSPS) is 14.6. The van der Waals surface area contributed by atoms with Crippen LogP contribution in [0.1, 0.15) is 19.3 Å². The number of carbonyl (C=O) groups excluding carboxylic acids is 1. The first-order valence-corrected chi connectivity index (χ1v) is 5.63. The summed E-state index contributed by atoms with van der Waals surface area (Å²) in [6.45, 7) is 0.548. The Kier molecular flexibility index (Phi) is 3.56. The summed E-state index contributed by atoms with van der Waals surface area (Å²) in [6, 6.07) is 2.13. The van der Waals surface area contributed by atoms with E-state index in [0.29, 0.717) is 24.8 Å². The van der Waals surface area contributed by atoms with Gasteiger partial charge in [-0.25, -0.2) is 9.97 Å².